The van der Waals surface area contributed by atoms with Crippen molar-refractivity contribution in [3.8, 4) is 0 Å². The molecular formula is C24H41IN4O. The van der Waals surface area contributed by atoms with E-state index in [1.54, 1.807) is 7.11 Å². The molecule has 0 aromatic heterocycles. The maximum Gasteiger partial charge on any atom is 0.191 e. The Labute approximate surface area is 200 Å². The van der Waals surface area contributed by atoms with Crippen LogP contribution in [0.5, 0.6) is 0 Å². The molecule has 0 atom stereocenters. The van der Waals surface area contributed by atoms with Gasteiger partial charge < -0.3 is 15.4 Å². The fourth-order valence-electron chi connectivity index (χ4n) is 4.54. The quantitative estimate of drug-likeness (QED) is 0.287. The lowest BCUT2D eigenvalue weighted by molar-refractivity contribution is 0.0732. The number of likely N-dealkylation sites (tertiary alicyclic amines) is 1. The van der Waals surface area contributed by atoms with Crippen molar-refractivity contribution in [2.45, 2.75) is 52.0 Å². The van der Waals surface area contributed by atoms with Gasteiger partial charge in [-0.2, -0.15) is 0 Å². The third-order valence-corrected chi connectivity index (χ3v) is 6.90. The van der Waals surface area contributed by atoms with Crippen LogP contribution in [0.1, 0.15) is 49.7 Å². The summed E-state index contributed by atoms with van der Waals surface area (Å²) in [6.07, 6.45) is 7.62. The van der Waals surface area contributed by atoms with E-state index in [1.807, 2.05) is 7.05 Å². The predicted molar refractivity (Wildman–Crippen MR) is 137 cm³/mol. The number of nitrogens with one attached hydrogen (secondary N) is 2. The summed E-state index contributed by atoms with van der Waals surface area (Å²) in [4.78, 5) is 7.03. The minimum atomic E-state index is 0. The van der Waals surface area contributed by atoms with E-state index >= 15 is 0 Å². The van der Waals surface area contributed by atoms with Crippen molar-refractivity contribution in [2.75, 3.05) is 46.9 Å². The molecule has 0 amide bonds. The molecule has 0 spiro atoms. The van der Waals surface area contributed by atoms with Gasteiger partial charge in [-0.3, -0.25) is 9.89 Å². The van der Waals surface area contributed by atoms with Gasteiger partial charge in [-0.25, -0.2) is 0 Å². The fraction of sp³-hybridized carbons (Fsp3) is 0.708. The van der Waals surface area contributed by atoms with Crippen molar-refractivity contribution in [3.63, 3.8) is 0 Å². The van der Waals surface area contributed by atoms with Crippen LogP contribution in [0.25, 0.3) is 0 Å². The number of aryl methyl sites for hydroxylation is 1. The summed E-state index contributed by atoms with van der Waals surface area (Å²) in [5, 5.41) is 7.16. The Kier molecular flexibility index (Phi) is 10.9. The van der Waals surface area contributed by atoms with Gasteiger partial charge in [0, 0.05) is 40.4 Å². The van der Waals surface area contributed by atoms with Crippen LogP contribution in [0.4, 0.5) is 0 Å². The van der Waals surface area contributed by atoms with Crippen LogP contribution in [0.3, 0.4) is 0 Å². The van der Waals surface area contributed by atoms with E-state index in [0.29, 0.717) is 5.41 Å². The lowest BCUT2D eigenvalue weighted by Gasteiger charge is -2.42. The van der Waals surface area contributed by atoms with E-state index in [2.05, 4.69) is 51.7 Å². The highest BCUT2D eigenvalue weighted by Gasteiger charge is 2.36. The molecule has 3 rings (SSSR count). The molecule has 1 aromatic carbocycles. The number of nitrogens with zero attached hydrogens (tertiary/aromatic N) is 2. The number of rotatable bonds is 9. The van der Waals surface area contributed by atoms with Gasteiger partial charge in [0.2, 0.25) is 0 Å². The molecule has 1 heterocycles. The van der Waals surface area contributed by atoms with Gasteiger partial charge in [-0.05, 0) is 69.0 Å². The molecule has 0 unspecified atom stereocenters. The molecule has 6 heteroatoms. The second kappa shape index (κ2) is 12.9. The summed E-state index contributed by atoms with van der Waals surface area (Å²) in [5.41, 5.74) is 3.17. The van der Waals surface area contributed by atoms with Gasteiger partial charge in [0.25, 0.3) is 0 Å². The summed E-state index contributed by atoms with van der Waals surface area (Å²) >= 11 is 0. The van der Waals surface area contributed by atoms with Gasteiger partial charge in [-0.15, -0.1) is 24.0 Å². The van der Waals surface area contributed by atoms with E-state index in [9.17, 15) is 0 Å². The summed E-state index contributed by atoms with van der Waals surface area (Å²) in [5.74, 6) is 1.68. The van der Waals surface area contributed by atoms with Gasteiger partial charge in [0.1, 0.15) is 0 Å². The van der Waals surface area contributed by atoms with Gasteiger partial charge in [-0.1, -0.05) is 36.2 Å². The summed E-state index contributed by atoms with van der Waals surface area (Å²) in [7, 11) is 3.68. The number of ether oxygens (including phenoxy) is 1. The SMILES string of the molecule is CN=C(NCC1CCN(Cc2ccc(C)cc2)CC1)NCC1(CCOC)CCC1.I. The highest BCUT2D eigenvalue weighted by atomic mass is 127. The fourth-order valence-corrected chi connectivity index (χ4v) is 4.54. The summed E-state index contributed by atoms with van der Waals surface area (Å²) in [6.45, 7) is 8.48. The Morgan fingerprint density at radius 3 is 2.43 bits per heavy atom. The van der Waals surface area contributed by atoms with Crippen LogP contribution in [0.2, 0.25) is 0 Å². The van der Waals surface area contributed by atoms with E-state index in [1.165, 1.54) is 56.3 Å². The van der Waals surface area contributed by atoms with Crippen LogP contribution in [0.15, 0.2) is 29.3 Å². The zero-order chi connectivity index (χ0) is 20.5. The largest absolute Gasteiger partial charge is 0.385 e. The van der Waals surface area contributed by atoms with E-state index in [4.69, 9.17) is 4.74 Å². The predicted octanol–water partition coefficient (Wildman–Crippen LogP) is 4.20. The Hall–Kier alpha value is -0.860. The number of methoxy groups -OCH3 is 1. The molecular weight excluding hydrogens is 487 g/mol. The molecule has 1 aliphatic heterocycles. The standard InChI is InChI=1S/C24H40N4O.HI/c1-20-5-7-22(8-6-20)18-28-14-9-21(10-15-28)17-26-23(25-2)27-19-24(11-4-12-24)13-16-29-3;/h5-8,21H,4,9-19H2,1-3H3,(H2,25,26,27);1H. The minimum Gasteiger partial charge on any atom is -0.385 e. The molecule has 0 bridgehead atoms. The number of aliphatic imine (C=N–C) groups is 1. The average Bonchev–Trinajstić information content (AvgIpc) is 2.72. The molecule has 170 valence electrons. The first-order valence-corrected chi connectivity index (χ1v) is 11.3. The molecule has 1 aliphatic carbocycles. The number of guanidine groups is 1. The smallest absolute Gasteiger partial charge is 0.191 e. The monoisotopic (exact) mass is 528 g/mol. The van der Waals surface area contributed by atoms with E-state index in [-0.39, 0.29) is 24.0 Å². The Morgan fingerprint density at radius 1 is 1.17 bits per heavy atom. The van der Waals surface area contributed by atoms with Gasteiger partial charge >= 0.3 is 0 Å². The molecule has 2 N–H and O–H groups in total. The molecule has 1 aromatic rings. The number of hydrogen-bond donors (Lipinski definition) is 2. The first-order chi connectivity index (χ1) is 14.1. The molecule has 5 nitrogen and oxygen atoms in total. The van der Waals surface area contributed by atoms with Crippen molar-refractivity contribution in [1.82, 2.24) is 15.5 Å². The Bertz CT molecular complexity index is 637. The second-order valence-electron chi connectivity index (χ2n) is 9.11. The highest BCUT2D eigenvalue weighted by Crippen LogP contribution is 2.43. The van der Waals surface area contributed by atoms with Gasteiger partial charge in [0.15, 0.2) is 5.96 Å². The van der Waals surface area contributed by atoms with Crippen molar-refractivity contribution in [3.05, 3.63) is 35.4 Å². The second-order valence-corrected chi connectivity index (χ2v) is 9.11. The Balaban J connectivity index is 0.00000320. The number of halogens is 1. The normalized spacial score (nSPS) is 19.6. The van der Waals surface area contributed by atoms with Crippen molar-refractivity contribution < 1.29 is 4.74 Å². The van der Waals surface area contributed by atoms with Crippen LogP contribution >= 0.6 is 24.0 Å². The molecule has 2 aliphatic rings. The highest BCUT2D eigenvalue weighted by molar-refractivity contribution is 14.0. The summed E-state index contributed by atoms with van der Waals surface area (Å²) in [6, 6.07) is 8.96. The third kappa shape index (κ3) is 7.68. The maximum absolute atomic E-state index is 5.31. The molecule has 0 radical (unpaired) electrons. The van der Waals surface area contributed by atoms with Crippen LogP contribution in [-0.4, -0.2) is 57.8 Å². The first-order valence-electron chi connectivity index (χ1n) is 11.3. The van der Waals surface area contributed by atoms with Crippen LogP contribution in [-0.2, 0) is 11.3 Å². The van der Waals surface area contributed by atoms with Gasteiger partial charge in [0.05, 0.1) is 0 Å². The molecule has 1 saturated carbocycles. The van der Waals surface area contributed by atoms with Crippen molar-refractivity contribution >= 4 is 29.9 Å². The van der Waals surface area contributed by atoms with E-state index < -0.39 is 0 Å². The van der Waals surface area contributed by atoms with E-state index in [0.717, 1.165) is 44.5 Å². The zero-order valence-corrected chi connectivity index (χ0v) is 21.4. The number of hydrogen-bond acceptors (Lipinski definition) is 3. The minimum absolute atomic E-state index is 0. The number of piperidine rings is 1. The van der Waals surface area contributed by atoms with Crippen molar-refractivity contribution in [1.29, 1.82) is 0 Å². The molecule has 1 saturated heterocycles. The zero-order valence-electron chi connectivity index (χ0n) is 19.1. The van der Waals surface area contributed by atoms with Crippen molar-refractivity contribution in [2.24, 2.45) is 16.3 Å². The summed E-state index contributed by atoms with van der Waals surface area (Å²) < 4.78 is 5.31. The van der Waals surface area contributed by atoms with Crippen LogP contribution < -0.4 is 10.6 Å². The Morgan fingerprint density at radius 2 is 1.87 bits per heavy atom. The van der Waals surface area contributed by atoms with Crippen LogP contribution in [0, 0.1) is 18.3 Å². The third-order valence-electron chi connectivity index (χ3n) is 6.90. The average molecular weight is 529 g/mol. The lowest BCUT2D eigenvalue weighted by atomic mass is 9.67. The number of benzene rings is 1. The lowest BCUT2D eigenvalue weighted by Crippen LogP contribution is -2.48. The molecule has 2 fully saturated rings. The topological polar surface area (TPSA) is 48.9 Å². The maximum atomic E-state index is 5.31. The first kappa shape index (κ1) is 25.4. The molecule has 30 heavy (non-hydrogen) atoms.